The van der Waals surface area contributed by atoms with Gasteiger partial charge in [0.05, 0.1) is 6.54 Å². The number of pyridine rings is 1. The number of benzene rings is 2. The van der Waals surface area contributed by atoms with Gasteiger partial charge in [0.25, 0.3) is 5.91 Å². The number of oxazole rings is 1. The Morgan fingerprint density at radius 3 is 2.24 bits per heavy atom. The van der Waals surface area contributed by atoms with Crippen molar-refractivity contribution in [2.75, 3.05) is 6.54 Å². The molecule has 6 nitrogen and oxygen atoms in total. The van der Waals surface area contributed by atoms with E-state index in [4.69, 9.17) is 4.42 Å². The van der Waals surface area contributed by atoms with E-state index in [9.17, 15) is 9.18 Å². The lowest BCUT2D eigenvalue weighted by Crippen LogP contribution is -2.26. The first-order valence-corrected chi connectivity index (χ1v) is 12.4. The molecule has 37 heavy (non-hydrogen) atoms. The first kappa shape index (κ1) is 26.2. The molecule has 0 aliphatic heterocycles. The molecular formula is C30H33FN4O2. The number of amides is 1. The lowest BCUT2D eigenvalue weighted by molar-refractivity contribution is 0.0949. The first-order chi connectivity index (χ1) is 17.8. The van der Waals surface area contributed by atoms with Gasteiger partial charge in [-0.1, -0.05) is 63.2 Å². The van der Waals surface area contributed by atoms with E-state index in [0.717, 1.165) is 16.8 Å². The topological polar surface area (TPSA) is 71.3 Å². The highest BCUT2D eigenvalue weighted by Gasteiger charge is 2.17. The molecule has 192 valence electrons. The Hall–Kier alpha value is -3.84. The highest BCUT2D eigenvalue weighted by Crippen LogP contribution is 2.23. The molecule has 0 atom stereocenters. The van der Waals surface area contributed by atoms with Gasteiger partial charge in [-0.3, -0.25) is 14.7 Å². The van der Waals surface area contributed by atoms with E-state index in [0.29, 0.717) is 38.5 Å². The van der Waals surface area contributed by atoms with Gasteiger partial charge in [0, 0.05) is 37.9 Å². The Morgan fingerprint density at radius 1 is 0.946 bits per heavy atom. The van der Waals surface area contributed by atoms with Crippen molar-refractivity contribution in [3.8, 4) is 0 Å². The van der Waals surface area contributed by atoms with Gasteiger partial charge in [-0.05, 0) is 46.4 Å². The summed E-state index contributed by atoms with van der Waals surface area (Å²) < 4.78 is 19.1. The van der Waals surface area contributed by atoms with Gasteiger partial charge in [-0.25, -0.2) is 9.37 Å². The highest BCUT2D eigenvalue weighted by molar-refractivity contribution is 5.91. The van der Waals surface area contributed by atoms with E-state index >= 15 is 0 Å². The second kappa shape index (κ2) is 11.9. The molecule has 2 aromatic carbocycles. The van der Waals surface area contributed by atoms with Crippen LogP contribution in [0.1, 0.15) is 59.5 Å². The Balaban J connectivity index is 1.41. The minimum atomic E-state index is -0.284. The maximum absolute atomic E-state index is 13.4. The molecule has 0 aliphatic carbocycles. The number of halogens is 1. The van der Waals surface area contributed by atoms with Crippen LogP contribution in [-0.2, 0) is 31.5 Å². The standard InChI is InChI=1S/C30H33FN4O2/c1-30(2,3)24-11-7-22(8-12-24)18-35(19-23-9-13-25(31)14-10-23)20-28-34-27(21-37-28)29(36)33-17-15-26-6-4-5-16-32-26/h4-14,16,21H,15,17-20H2,1-3H3,(H,33,36). The lowest BCUT2D eigenvalue weighted by atomic mass is 9.87. The number of nitrogens with zero attached hydrogens (tertiary/aromatic N) is 3. The Bertz CT molecular complexity index is 1280. The van der Waals surface area contributed by atoms with Crippen LogP contribution in [0.15, 0.2) is 83.6 Å². The molecule has 0 spiro atoms. The molecule has 0 saturated heterocycles. The summed E-state index contributed by atoms with van der Waals surface area (Å²) >= 11 is 0. The first-order valence-electron chi connectivity index (χ1n) is 12.4. The molecule has 0 bridgehead atoms. The van der Waals surface area contributed by atoms with Crippen LogP contribution < -0.4 is 5.32 Å². The SMILES string of the molecule is CC(C)(C)c1ccc(CN(Cc2ccc(F)cc2)Cc2nc(C(=O)NCCc3ccccn3)co2)cc1. The number of carbonyl (C=O) groups is 1. The summed E-state index contributed by atoms with van der Waals surface area (Å²) in [5, 5.41) is 2.87. The van der Waals surface area contributed by atoms with Crippen molar-refractivity contribution in [3.63, 3.8) is 0 Å². The molecule has 0 radical (unpaired) electrons. The Kier molecular flexibility index (Phi) is 8.46. The van der Waals surface area contributed by atoms with Crippen LogP contribution in [0.3, 0.4) is 0 Å². The number of hydrogen-bond acceptors (Lipinski definition) is 5. The summed E-state index contributed by atoms with van der Waals surface area (Å²) in [6, 6.07) is 20.8. The minimum absolute atomic E-state index is 0.0823. The highest BCUT2D eigenvalue weighted by atomic mass is 19.1. The zero-order valence-corrected chi connectivity index (χ0v) is 21.6. The third-order valence-corrected chi connectivity index (χ3v) is 6.08. The van der Waals surface area contributed by atoms with E-state index in [1.807, 2.05) is 18.2 Å². The van der Waals surface area contributed by atoms with Gasteiger partial charge in [0.15, 0.2) is 5.69 Å². The molecule has 1 N–H and O–H groups in total. The molecule has 1 amide bonds. The van der Waals surface area contributed by atoms with Crippen molar-refractivity contribution in [1.82, 2.24) is 20.2 Å². The maximum Gasteiger partial charge on any atom is 0.273 e. The van der Waals surface area contributed by atoms with Crippen LogP contribution in [0, 0.1) is 5.82 Å². The second-order valence-corrected chi connectivity index (χ2v) is 10.2. The van der Waals surface area contributed by atoms with Crippen LogP contribution in [0.2, 0.25) is 0 Å². The smallest absolute Gasteiger partial charge is 0.273 e. The largest absolute Gasteiger partial charge is 0.447 e. The monoisotopic (exact) mass is 500 g/mol. The molecule has 2 aromatic heterocycles. The van der Waals surface area contributed by atoms with Gasteiger partial charge >= 0.3 is 0 Å². The quantitative estimate of drug-likeness (QED) is 0.303. The zero-order chi connectivity index (χ0) is 26.3. The van der Waals surface area contributed by atoms with Crippen molar-refractivity contribution >= 4 is 5.91 Å². The lowest BCUT2D eigenvalue weighted by Gasteiger charge is -2.23. The van der Waals surface area contributed by atoms with E-state index in [2.05, 4.69) is 65.2 Å². The molecule has 4 aromatic rings. The van der Waals surface area contributed by atoms with Gasteiger partial charge in [-0.15, -0.1) is 0 Å². The Morgan fingerprint density at radius 2 is 1.62 bits per heavy atom. The van der Waals surface area contributed by atoms with Crippen molar-refractivity contribution in [2.24, 2.45) is 0 Å². The fraction of sp³-hybridized carbons (Fsp3) is 0.300. The number of carbonyl (C=O) groups excluding carboxylic acids is 1. The molecule has 2 heterocycles. The third-order valence-electron chi connectivity index (χ3n) is 6.08. The van der Waals surface area contributed by atoms with E-state index < -0.39 is 0 Å². The van der Waals surface area contributed by atoms with Crippen LogP contribution >= 0.6 is 0 Å². The average Bonchev–Trinajstić information content (AvgIpc) is 3.34. The predicted molar refractivity (Wildman–Crippen MR) is 141 cm³/mol. The van der Waals surface area contributed by atoms with Crippen molar-refractivity contribution < 1.29 is 13.6 Å². The van der Waals surface area contributed by atoms with Crippen molar-refractivity contribution in [3.05, 3.63) is 119 Å². The number of nitrogens with one attached hydrogen (secondary N) is 1. The third kappa shape index (κ3) is 7.82. The summed E-state index contributed by atoms with van der Waals surface area (Å²) in [5.41, 5.74) is 4.63. The van der Waals surface area contributed by atoms with Crippen molar-refractivity contribution in [1.29, 1.82) is 0 Å². The number of rotatable bonds is 10. The van der Waals surface area contributed by atoms with Crippen LogP contribution in [0.5, 0.6) is 0 Å². The van der Waals surface area contributed by atoms with E-state index in [1.54, 1.807) is 18.3 Å². The van der Waals surface area contributed by atoms with Gasteiger partial charge in [0.2, 0.25) is 5.89 Å². The average molecular weight is 501 g/mol. The molecule has 0 fully saturated rings. The maximum atomic E-state index is 13.4. The zero-order valence-electron chi connectivity index (χ0n) is 21.6. The summed E-state index contributed by atoms with van der Waals surface area (Å²) in [6.07, 6.45) is 3.76. The summed E-state index contributed by atoms with van der Waals surface area (Å²) in [4.78, 5) is 23.4. The van der Waals surface area contributed by atoms with Crippen LogP contribution in [0.25, 0.3) is 0 Å². The van der Waals surface area contributed by atoms with E-state index in [-0.39, 0.29) is 22.8 Å². The fourth-order valence-corrected chi connectivity index (χ4v) is 4.00. The number of hydrogen-bond donors (Lipinski definition) is 1. The second-order valence-electron chi connectivity index (χ2n) is 10.2. The number of aromatic nitrogens is 2. The molecule has 0 saturated carbocycles. The normalized spacial score (nSPS) is 11.6. The van der Waals surface area contributed by atoms with Gasteiger partial charge in [-0.2, -0.15) is 0 Å². The van der Waals surface area contributed by atoms with Crippen molar-refractivity contribution in [2.45, 2.75) is 52.2 Å². The molecule has 0 unspecified atom stereocenters. The molecular weight excluding hydrogens is 467 g/mol. The molecule has 0 aliphatic rings. The summed E-state index contributed by atoms with van der Waals surface area (Å²) in [6.45, 7) is 8.66. The predicted octanol–water partition coefficient (Wildman–Crippen LogP) is 5.68. The van der Waals surface area contributed by atoms with Gasteiger partial charge in [0.1, 0.15) is 12.1 Å². The van der Waals surface area contributed by atoms with Gasteiger partial charge < -0.3 is 9.73 Å². The summed E-state index contributed by atoms with van der Waals surface area (Å²) in [7, 11) is 0. The fourth-order valence-electron chi connectivity index (χ4n) is 4.00. The van der Waals surface area contributed by atoms with Crippen LogP contribution in [0.4, 0.5) is 4.39 Å². The molecule has 4 rings (SSSR count). The Labute approximate surface area is 217 Å². The van der Waals surface area contributed by atoms with E-state index in [1.165, 1.54) is 24.0 Å². The summed E-state index contributed by atoms with van der Waals surface area (Å²) in [5.74, 6) is -0.100. The molecule has 7 heteroatoms. The van der Waals surface area contributed by atoms with Crippen LogP contribution in [-0.4, -0.2) is 27.3 Å². The minimum Gasteiger partial charge on any atom is -0.447 e.